The second kappa shape index (κ2) is 6.47. The van der Waals surface area contributed by atoms with E-state index in [4.69, 9.17) is 5.11 Å². The molecule has 0 heterocycles. The zero-order chi connectivity index (χ0) is 12.8. The lowest BCUT2D eigenvalue weighted by molar-refractivity contribution is 0.282. The number of hydrogen-bond donors (Lipinski definition) is 2. The Bertz CT molecular complexity index is 496. The highest BCUT2D eigenvalue weighted by molar-refractivity contribution is 7.98. The summed E-state index contributed by atoms with van der Waals surface area (Å²) in [4.78, 5) is 1.25. The zero-order valence-electron chi connectivity index (χ0n) is 10.4. The molecule has 0 aliphatic carbocycles. The molecule has 2 rings (SSSR count). The van der Waals surface area contributed by atoms with Crippen molar-refractivity contribution >= 4 is 17.4 Å². The smallest absolute Gasteiger partial charge is 0.0681 e. The molecule has 2 aromatic carbocycles. The van der Waals surface area contributed by atoms with Crippen molar-refractivity contribution in [3.63, 3.8) is 0 Å². The fourth-order valence-electron chi connectivity index (χ4n) is 1.75. The van der Waals surface area contributed by atoms with Crippen molar-refractivity contribution in [2.75, 3.05) is 11.6 Å². The van der Waals surface area contributed by atoms with Gasteiger partial charge in [-0.2, -0.15) is 0 Å². The Morgan fingerprint density at radius 1 is 1.00 bits per heavy atom. The number of aliphatic hydroxyl groups is 1. The van der Waals surface area contributed by atoms with Gasteiger partial charge in [-0.15, -0.1) is 11.8 Å². The second-order valence-electron chi connectivity index (χ2n) is 4.03. The third-order valence-corrected chi connectivity index (χ3v) is 3.59. The number of hydrogen-bond acceptors (Lipinski definition) is 3. The van der Waals surface area contributed by atoms with E-state index in [1.54, 1.807) is 11.8 Å². The zero-order valence-corrected chi connectivity index (χ0v) is 11.2. The van der Waals surface area contributed by atoms with E-state index in [1.807, 2.05) is 36.4 Å². The van der Waals surface area contributed by atoms with Crippen LogP contribution in [0.15, 0.2) is 53.4 Å². The van der Waals surface area contributed by atoms with Gasteiger partial charge in [-0.1, -0.05) is 36.4 Å². The van der Waals surface area contributed by atoms with E-state index < -0.39 is 0 Å². The molecular formula is C15H17NOS. The second-order valence-corrected chi connectivity index (χ2v) is 4.88. The first-order chi connectivity index (χ1) is 8.83. The molecule has 0 spiro atoms. The van der Waals surface area contributed by atoms with Gasteiger partial charge in [0.05, 0.1) is 6.61 Å². The average Bonchev–Trinajstić information content (AvgIpc) is 2.46. The molecule has 0 aromatic heterocycles. The van der Waals surface area contributed by atoms with Crippen LogP contribution in [0.25, 0.3) is 0 Å². The topological polar surface area (TPSA) is 32.3 Å². The Morgan fingerprint density at radius 3 is 2.33 bits per heavy atom. The van der Waals surface area contributed by atoms with Gasteiger partial charge in [-0.3, -0.25) is 0 Å². The summed E-state index contributed by atoms with van der Waals surface area (Å²) in [7, 11) is 0. The summed E-state index contributed by atoms with van der Waals surface area (Å²) in [6.45, 7) is 0.895. The summed E-state index contributed by atoms with van der Waals surface area (Å²) in [5.41, 5.74) is 3.32. The highest BCUT2D eigenvalue weighted by atomic mass is 32.2. The van der Waals surface area contributed by atoms with Gasteiger partial charge in [-0.25, -0.2) is 0 Å². The molecule has 0 aliphatic rings. The summed E-state index contributed by atoms with van der Waals surface area (Å²) in [5.74, 6) is 0. The van der Waals surface area contributed by atoms with Gasteiger partial charge >= 0.3 is 0 Å². The highest BCUT2D eigenvalue weighted by Gasteiger charge is 2.00. The molecule has 0 atom stereocenters. The minimum Gasteiger partial charge on any atom is -0.392 e. The number of aliphatic hydroxyl groups excluding tert-OH is 1. The average molecular weight is 259 g/mol. The molecule has 94 valence electrons. The summed E-state index contributed by atoms with van der Waals surface area (Å²) >= 11 is 1.74. The van der Waals surface area contributed by atoms with Crippen LogP contribution in [0.2, 0.25) is 0 Å². The van der Waals surface area contributed by atoms with Crippen molar-refractivity contribution in [2.45, 2.75) is 18.0 Å². The molecule has 0 aliphatic heterocycles. The van der Waals surface area contributed by atoms with Crippen molar-refractivity contribution in [1.29, 1.82) is 0 Å². The van der Waals surface area contributed by atoms with Crippen molar-refractivity contribution in [3.05, 3.63) is 59.7 Å². The molecule has 0 amide bonds. The normalized spacial score (nSPS) is 10.3. The Morgan fingerprint density at radius 2 is 1.67 bits per heavy atom. The maximum absolute atomic E-state index is 8.99. The van der Waals surface area contributed by atoms with E-state index in [9.17, 15) is 0 Å². The van der Waals surface area contributed by atoms with E-state index in [2.05, 4.69) is 23.7 Å². The van der Waals surface area contributed by atoms with E-state index >= 15 is 0 Å². The Balaban J connectivity index is 2.02. The Kier molecular flexibility index (Phi) is 4.67. The predicted octanol–water partition coefficient (Wildman–Crippen LogP) is 3.51. The van der Waals surface area contributed by atoms with Crippen LogP contribution in [0, 0.1) is 0 Å². The monoisotopic (exact) mass is 259 g/mol. The van der Waals surface area contributed by atoms with Gasteiger partial charge < -0.3 is 10.4 Å². The molecule has 2 nitrogen and oxygen atoms in total. The first-order valence-corrected chi connectivity index (χ1v) is 7.11. The van der Waals surface area contributed by atoms with Crippen molar-refractivity contribution in [1.82, 2.24) is 0 Å². The Hall–Kier alpha value is -1.45. The van der Waals surface area contributed by atoms with Gasteiger partial charge in [0.25, 0.3) is 0 Å². The lowest BCUT2D eigenvalue weighted by Crippen LogP contribution is -2.00. The van der Waals surface area contributed by atoms with Crippen LogP contribution in [0.4, 0.5) is 5.69 Å². The van der Waals surface area contributed by atoms with Crippen molar-refractivity contribution in [2.24, 2.45) is 0 Å². The van der Waals surface area contributed by atoms with Gasteiger partial charge in [0, 0.05) is 17.1 Å². The van der Waals surface area contributed by atoms with Gasteiger partial charge in [0.1, 0.15) is 0 Å². The molecule has 0 saturated heterocycles. The van der Waals surface area contributed by atoms with Crippen LogP contribution >= 0.6 is 11.8 Å². The first-order valence-electron chi connectivity index (χ1n) is 5.89. The largest absolute Gasteiger partial charge is 0.392 e. The number of rotatable bonds is 5. The number of para-hydroxylation sites is 1. The fourth-order valence-corrected chi connectivity index (χ4v) is 2.33. The van der Waals surface area contributed by atoms with Crippen LogP contribution in [-0.2, 0) is 13.2 Å². The van der Waals surface area contributed by atoms with Crippen molar-refractivity contribution < 1.29 is 5.11 Å². The molecule has 0 radical (unpaired) electrons. The molecule has 3 heteroatoms. The van der Waals surface area contributed by atoms with Crippen molar-refractivity contribution in [3.8, 4) is 0 Å². The number of nitrogens with one attached hydrogen (secondary N) is 1. The summed E-state index contributed by atoms with van der Waals surface area (Å²) in [6, 6.07) is 16.3. The minimum absolute atomic E-state index is 0.100. The first kappa shape index (κ1) is 13.0. The number of benzene rings is 2. The van der Waals surface area contributed by atoms with Gasteiger partial charge in [0.2, 0.25) is 0 Å². The third kappa shape index (κ3) is 3.28. The molecule has 0 fully saturated rings. The van der Waals surface area contributed by atoms with E-state index in [1.165, 1.54) is 10.5 Å². The molecule has 2 aromatic rings. The predicted molar refractivity (Wildman–Crippen MR) is 77.9 cm³/mol. The molecule has 18 heavy (non-hydrogen) atoms. The van der Waals surface area contributed by atoms with Gasteiger partial charge in [0.15, 0.2) is 0 Å². The summed E-state index contributed by atoms with van der Waals surface area (Å²) in [6.07, 6.45) is 2.08. The fraction of sp³-hybridized carbons (Fsp3) is 0.200. The van der Waals surface area contributed by atoms with Crippen LogP contribution in [-0.4, -0.2) is 11.4 Å². The number of anilines is 1. The van der Waals surface area contributed by atoms with Crippen LogP contribution < -0.4 is 5.32 Å². The Labute approximate surface area is 112 Å². The summed E-state index contributed by atoms with van der Waals surface area (Å²) < 4.78 is 0. The standard InChI is InChI=1S/C15H17NOS/c1-18-15-5-3-2-4-14(15)16-10-12-6-8-13(11-17)9-7-12/h2-9,16-17H,10-11H2,1H3. The maximum Gasteiger partial charge on any atom is 0.0681 e. The molecule has 0 bridgehead atoms. The third-order valence-electron chi connectivity index (χ3n) is 2.80. The van der Waals surface area contributed by atoms with Crippen LogP contribution in [0.3, 0.4) is 0 Å². The molecular weight excluding hydrogens is 242 g/mol. The quantitative estimate of drug-likeness (QED) is 0.806. The van der Waals surface area contributed by atoms with E-state index in [0.29, 0.717) is 0 Å². The molecule has 0 unspecified atom stereocenters. The molecule has 2 N–H and O–H groups in total. The highest BCUT2D eigenvalue weighted by Crippen LogP contribution is 2.25. The van der Waals surface area contributed by atoms with Crippen LogP contribution in [0.1, 0.15) is 11.1 Å². The molecule has 0 saturated carbocycles. The number of thioether (sulfide) groups is 1. The van der Waals surface area contributed by atoms with Gasteiger partial charge in [-0.05, 0) is 29.5 Å². The lowest BCUT2D eigenvalue weighted by Gasteiger charge is -2.10. The maximum atomic E-state index is 8.99. The van der Waals surface area contributed by atoms with E-state index in [0.717, 1.165) is 17.8 Å². The van der Waals surface area contributed by atoms with Crippen LogP contribution in [0.5, 0.6) is 0 Å². The SMILES string of the molecule is CSc1ccccc1NCc1ccc(CO)cc1. The minimum atomic E-state index is 0.100. The van der Waals surface area contributed by atoms with E-state index in [-0.39, 0.29) is 6.61 Å². The lowest BCUT2D eigenvalue weighted by atomic mass is 10.1. The summed E-state index contributed by atoms with van der Waals surface area (Å²) in [5, 5.41) is 12.4.